The molecule has 2 radical (unpaired) electrons. The van der Waals surface area contributed by atoms with Crippen LogP contribution in [0.1, 0.15) is 11.4 Å². The van der Waals surface area contributed by atoms with Crippen LogP contribution < -0.4 is 10.8 Å². The Labute approximate surface area is 142 Å². The van der Waals surface area contributed by atoms with Gasteiger partial charge in [0.1, 0.15) is 19.5 Å². The first-order chi connectivity index (χ1) is 11.4. The number of halogens is 4. The summed E-state index contributed by atoms with van der Waals surface area (Å²) in [6.45, 7) is 0. The fraction of sp³-hybridized carbons (Fsp3) is 0.125. The number of nitrogens with zero attached hydrogens (tertiary/aromatic N) is 2. The van der Waals surface area contributed by atoms with E-state index in [1.807, 2.05) is 0 Å². The molecule has 0 unspecified atom stereocenters. The summed E-state index contributed by atoms with van der Waals surface area (Å²) < 4.78 is 37.9. The fourth-order valence-corrected chi connectivity index (χ4v) is 2.35. The first kappa shape index (κ1) is 16.6. The minimum Gasteiger partial charge on any atom is -0.340 e. The third kappa shape index (κ3) is 3.46. The quantitative estimate of drug-likeness (QED) is 0.576. The van der Waals surface area contributed by atoms with Gasteiger partial charge in [-0.3, -0.25) is 0 Å². The average molecular weight is 348 g/mol. The molecule has 3 nitrogen and oxygen atoms in total. The van der Waals surface area contributed by atoms with E-state index in [1.54, 1.807) is 18.2 Å². The zero-order valence-electron chi connectivity index (χ0n) is 12.2. The van der Waals surface area contributed by atoms with E-state index in [2.05, 4.69) is 15.3 Å². The minimum absolute atomic E-state index is 0.104. The molecule has 1 aromatic heterocycles. The molecule has 0 aliphatic heterocycles. The van der Waals surface area contributed by atoms with E-state index in [-0.39, 0.29) is 5.88 Å². The van der Waals surface area contributed by atoms with Crippen molar-refractivity contribution in [1.29, 1.82) is 0 Å². The van der Waals surface area contributed by atoms with Gasteiger partial charge < -0.3 is 5.32 Å². The Kier molecular flexibility index (Phi) is 4.36. The molecule has 0 aliphatic rings. The van der Waals surface area contributed by atoms with Crippen LogP contribution in [0.2, 0.25) is 0 Å². The first-order valence-electron chi connectivity index (χ1n) is 6.93. The van der Waals surface area contributed by atoms with Crippen LogP contribution in [0.5, 0.6) is 0 Å². The monoisotopic (exact) mass is 347 g/mol. The smallest absolute Gasteiger partial charge is 0.340 e. The van der Waals surface area contributed by atoms with Gasteiger partial charge in [0.05, 0.1) is 17.0 Å². The molecule has 3 rings (SSSR count). The largest absolute Gasteiger partial charge is 0.416 e. The standard InChI is InChI=1S/C16H10BClF3N3/c17-10-3-6-12-13(7-10)23-14(8-18)24-15(12)22-11-4-1-9(2-5-11)16(19,20)21/h1-7H,8H2,(H,22,23,24). The minimum atomic E-state index is -4.37. The van der Waals surface area contributed by atoms with Crippen molar-refractivity contribution in [1.82, 2.24) is 9.97 Å². The molecule has 2 aromatic carbocycles. The Morgan fingerprint density at radius 1 is 1.04 bits per heavy atom. The number of aromatic nitrogens is 2. The molecule has 0 bridgehead atoms. The SMILES string of the molecule is [B]c1ccc2c(Nc3ccc(C(F)(F)F)cc3)nc(CCl)nc2c1. The fourth-order valence-electron chi connectivity index (χ4n) is 2.23. The second-order valence-electron chi connectivity index (χ2n) is 5.10. The van der Waals surface area contributed by atoms with Crippen molar-refractivity contribution in [3.05, 3.63) is 53.9 Å². The second-order valence-corrected chi connectivity index (χ2v) is 5.37. The Bertz CT molecular complexity index is 882. The lowest BCUT2D eigenvalue weighted by molar-refractivity contribution is -0.137. The molecule has 1 N–H and O–H groups in total. The maximum atomic E-state index is 12.6. The molecule has 8 heteroatoms. The van der Waals surface area contributed by atoms with Crippen LogP contribution in [-0.4, -0.2) is 17.8 Å². The van der Waals surface area contributed by atoms with Crippen molar-refractivity contribution in [3.8, 4) is 0 Å². The van der Waals surface area contributed by atoms with E-state index in [1.165, 1.54) is 12.1 Å². The van der Waals surface area contributed by atoms with Gasteiger partial charge in [0.2, 0.25) is 0 Å². The van der Waals surface area contributed by atoms with Crippen LogP contribution in [0, 0.1) is 0 Å². The van der Waals surface area contributed by atoms with Gasteiger partial charge in [0, 0.05) is 11.1 Å². The van der Waals surface area contributed by atoms with Crippen LogP contribution in [0.4, 0.5) is 24.7 Å². The molecular weight excluding hydrogens is 337 g/mol. The summed E-state index contributed by atoms with van der Waals surface area (Å²) in [5.41, 5.74) is 0.910. The predicted molar refractivity (Wildman–Crippen MR) is 89.2 cm³/mol. The Balaban J connectivity index is 2.00. The van der Waals surface area contributed by atoms with Crippen molar-refractivity contribution < 1.29 is 13.2 Å². The van der Waals surface area contributed by atoms with Gasteiger partial charge in [0.15, 0.2) is 0 Å². The van der Waals surface area contributed by atoms with Gasteiger partial charge in [-0.2, -0.15) is 13.2 Å². The highest BCUT2D eigenvalue weighted by molar-refractivity contribution is 6.33. The van der Waals surface area contributed by atoms with Gasteiger partial charge in [-0.25, -0.2) is 9.97 Å². The summed E-state index contributed by atoms with van der Waals surface area (Å²) in [6.07, 6.45) is -4.37. The summed E-state index contributed by atoms with van der Waals surface area (Å²) in [4.78, 5) is 8.59. The molecule has 120 valence electrons. The number of fused-ring (bicyclic) bond motifs is 1. The van der Waals surface area contributed by atoms with E-state index < -0.39 is 11.7 Å². The van der Waals surface area contributed by atoms with E-state index >= 15 is 0 Å². The van der Waals surface area contributed by atoms with Crippen molar-refractivity contribution in [2.75, 3.05) is 5.32 Å². The highest BCUT2D eigenvalue weighted by Crippen LogP contribution is 2.31. The molecular formula is C16H10BClF3N3. The normalized spacial score (nSPS) is 11.7. The van der Waals surface area contributed by atoms with Gasteiger partial charge in [-0.15, -0.1) is 11.6 Å². The van der Waals surface area contributed by atoms with Crippen LogP contribution in [-0.2, 0) is 12.1 Å². The predicted octanol–water partition coefficient (Wildman–Crippen LogP) is 3.92. The van der Waals surface area contributed by atoms with Crippen molar-refractivity contribution >= 4 is 47.3 Å². The lowest BCUT2D eigenvalue weighted by atomic mass is 9.95. The summed E-state index contributed by atoms with van der Waals surface area (Å²) in [7, 11) is 5.76. The number of anilines is 2. The summed E-state index contributed by atoms with van der Waals surface area (Å²) in [5.74, 6) is 0.950. The van der Waals surface area contributed by atoms with Gasteiger partial charge in [-0.1, -0.05) is 11.5 Å². The zero-order chi connectivity index (χ0) is 17.3. The van der Waals surface area contributed by atoms with E-state index in [0.29, 0.717) is 33.7 Å². The Morgan fingerprint density at radius 3 is 2.38 bits per heavy atom. The highest BCUT2D eigenvalue weighted by atomic mass is 35.5. The van der Waals surface area contributed by atoms with E-state index in [0.717, 1.165) is 12.1 Å². The Morgan fingerprint density at radius 2 is 1.75 bits per heavy atom. The molecule has 24 heavy (non-hydrogen) atoms. The summed E-state index contributed by atoms with van der Waals surface area (Å²) in [5, 5.41) is 3.69. The van der Waals surface area contributed by atoms with E-state index in [9.17, 15) is 13.2 Å². The number of alkyl halides is 4. The molecule has 0 atom stereocenters. The molecule has 1 heterocycles. The number of rotatable bonds is 3. The topological polar surface area (TPSA) is 37.8 Å². The van der Waals surface area contributed by atoms with Crippen LogP contribution >= 0.6 is 11.6 Å². The first-order valence-corrected chi connectivity index (χ1v) is 7.46. The van der Waals surface area contributed by atoms with Gasteiger partial charge >= 0.3 is 6.18 Å². The molecule has 0 fully saturated rings. The van der Waals surface area contributed by atoms with Crippen LogP contribution in [0.3, 0.4) is 0 Å². The number of hydrogen-bond acceptors (Lipinski definition) is 3. The lowest BCUT2D eigenvalue weighted by Crippen LogP contribution is -2.06. The summed E-state index contributed by atoms with van der Waals surface area (Å²) in [6, 6.07) is 9.82. The van der Waals surface area contributed by atoms with Gasteiger partial charge in [0.25, 0.3) is 0 Å². The summed E-state index contributed by atoms with van der Waals surface area (Å²) >= 11 is 5.80. The molecule has 0 spiro atoms. The number of nitrogens with one attached hydrogen (secondary N) is 1. The van der Waals surface area contributed by atoms with Crippen molar-refractivity contribution in [2.24, 2.45) is 0 Å². The van der Waals surface area contributed by atoms with Crippen molar-refractivity contribution in [3.63, 3.8) is 0 Å². The molecule has 0 saturated heterocycles. The van der Waals surface area contributed by atoms with E-state index in [4.69, 9.17) is 19.4 Å². The molecule has 0 amide bonds. The molecule has 0 aliphatic carbocycles. The third-order valence-electron chi connectivity index (χ3n) is 3.36. The van der Waals surface area contributed by atoms with Crippen LogP contribution in [0.15, 0.2) is 42.5 Å². The number of hydrogen-bond donors (Lipinski definition) is 1. The van der Waals surface area contributed by atoms with Crippen LogP contribution in [0.25, 0.3) is 10.9 Å². The maximum Gasteiger partial charge on any atom is 0.416 e. The maximum absolute atomic E-state index is 12.6. The lowest BCUT2D eigenvalue weighted by Gasteiger charge is -2.12. The second kappa shape index (κ2) is 6.32. The van der Waals surface area contributed by atoms with Gasteiger partial charge in [-0.05, 0) is 36.4 Å². The molecule has 3 aromatic rings. The zero-order valence-corrected chi connectivity index (χ0v) is 13.0. The number of benzene rings is 2. The van der Waals surface area contributed by atoms with Crippen molar-refractivity contribution in [2.45, 2.75) is 12.1 Å². The Hall–Kier alpha value is -2.28. The third-order valence-corrected chi connectivity index (χ3v) is 3.60. The highest BCUT2D eigenvalue weighted by Gasteiger charge is 2.29. The molecule has 0 saturated carbocycles. The average Bonchev–Trinajstić information content (AvgIpc) is 2.54.